The third-order valence-electron chi connectivity index (χ3n) is 4.62. The Morgan fingerprint density at radius 1 is 1.08 bits per heavy atom. The quantitative estimate of drug-likeness (QED) is 0.586. The molecule has 0 radical (unpaired) electrons. The highest BCUT2D eigenvalue weighted by molar-refractivity contribution is 5.93. The number of methoxy groups -OCH3 is 2. The molecule has 2 N–H and O–H groups in total. The van der Waals surface area contributed by atoms with Crippen LogP contribution < -0.4 is 20.1 Å². The molecule has 2 aromatic carbocycles. The van der Waals surface area contributed by atoms with Crippen LogP contribution in [0.2, 0.25) is 0 Å². The second-order valence-corrected chi connectivity index (χ2v) is 6.43. The molecule has 2 unspecified atom stereocenters. The summed E-state index contributed by atoms with van der Waals surface area (Å²) in [7, 11) is 3.27. The van der Waals surface area contributed by atoms with Gasteiger partial charge in [0.15, 0.2) is 17.5 Å². The van der Waals surface area contributed by atoms with E-state index in [-0.39, 0.29) is 0 Å². The predicted molar refractivity (Wildman–Crippen MR) is 106 cm³/mol. The number of guanidine groups is 1. The highest BCUT2D eigenvalue weighted by Crippen LogP contribution is 2.47. The number of rotatable bonds is 7. The molecular weight excluding hydrogens is 326 g/mol. The third kappa shape index (κ3) is 4.48. The second kappa shape index (κ2) is 8.61. The van der Waals surface area contributed by atoms with Gasteiger partial charge < -0.3 is 20.1 Å². The molecule has 1 saturated carbocycles. The molecule has 3 rings (SSSR count). The molecule has 0 heterocycles. The number of anilines is 1. The van der Waals surface area contributed by atoms with Crippen LogP contribution in [0.15, 0.2) is 53.5 Å². The van der Waals surface area contributed by atoms with Crippen molar-refractivity contribution in [3.05, 3.63) is 54.1 Å². The van der Waals surface area contributed by atoms with Crippen LogP contribution in [0.1, 0.15) is 24.8 Å². The summed E-state index contributed by atoms with van der Waals surface area (Å²) in [4.78, 5) is 4.77. The highest BCUT2D eigenvalue weighted by Gasteiger charge is 2.37. The van der Waals surface area contributed by atoms with Crippen molar-refractivity contribution >= 4 is 11.6 Å². The largest absolute Gasteiger partial charge is 0.493 e. The molecular formula is C21H27N3O2. The summed E-state index contributed by atoms with van der Waals surface area (Å²) in [6.07, 6.45) is 1.21. The van der Waals surface area contributed by atoms with Crippen molar-refractivity contribution in [1.29, 1.82) is 0 Å². The first kappa shape index (κ1) is 18.1. The van der Waals surface area contributed by atoms with E-state index in [0.717, 1.165) is 24.7 Å². The molecule has 5 nitrogen and oxygen atoms in total. The van der Waals surface area contributed by atoms with Crippen molar-refractivity contribution in [2.24, 2.45) is 10.9 Å². The van der Waals surface area contributed by atoms with Gasteiger partial charge in [-0.2, -0.15) is 0 Å². The first-order valence-electron chi connectivity index (χ1n) is 9.07. The smallest absolute Gasteiger partial charge is 0.195 e. The van der Waals surface area contributed by atoms with Gasteiger partial charge in [0.05, 0.1) is 14.2 Å². The monoisotopic (exact) mass is 353 g/mol. The zero-order valence-electron chi connectivity index (χ0n) is 15.7. The number of aliphatic imine (C=N–C) groups is 1. The van der Waals surface area contributed by atoms with Crippen LogP contribution >= 0.6 is 0 Å². The summed E-state index contributed by atoms with van der Waals surface area (Å²) < 4.78 is 10.7. The number of ether oxygens (including phenoxy) is 2. The van der Waals surface area contributed by atoms with Gasteiger partial charge in [-0.1, -0.05) is 30.3 Å². The van der Waals surface area contributed by atoms with Crippen LogP contribution in [0.3, 0.4) is 0 Å². The average molecular weight is 353 g/mol. The Labute approximate surface area is 155 Å². The first-order valence-corrected chi connectivity index (χ1v) is 9.07. The Kier molecular flexibility index (Phi) is 6.00. The van der Waals surface area contributed by atoms with Crippen LogP contribution in [-0.4, -0.2) is 33.3 Å². The SMILES string of the molecule is CCNC(=NCC1CC1c1ccccc1)Nc1ccc(OC)c(OC)c1. The van der Waals surface area contributed by atoms with Crippen LogP contribution in [-0.2, 0) is 0 Å². The zero-order chi connectivity index (χ0) is 18.4. The Morgan fingerprint density at radius 2 is 1.85 bits per heavy atom. The number of hydrogen-bond acceptors (Lipinski definition) is 3. The van der Waals surface area contributed by atoms with Crippen molar-refractivity contribution in [3.63, 3.8) is 0 Å². The van der Waals surface area contributed by atoms with Crippen molar-refractivity contribution in [2.75, 3.05) is 32.6 Å². The van der Waals surface area contributed by atoms with Crippen molar-refractivity contribution in [2.45, 2.75) is 19.3 Å². The van der Waals surface area contributed by atoms with Gasteiger partial charge in [-0.05, 0) is 42.9 Å². The fourth-order valence-electron chi connectivity index (χ4n) is 3.12. The Bertz CT molecular complexity index is 746. The number of nitrogens with zero attached hydrogens (tertiary/aromatic N) is 1. The normalized spacial score (nSPS) is 19.0. The summed E-state index contributed by atoms with van der Waals surface area (Å²) in [5.74, 6) is 3.46. The molecule has 0 aromatic heterocycles. The fraction of sp³-hybridized carbons (Fsp3) is 0.381. The van der Waals surface area contributed by atoms with Gasteiger partial charge in [-0.15, -0.1) is 0 Å². The molecule has 0 bridgehead atoms. The fourth-order valence-corrected chi connectivity index (χ4v) is 3.12. The minimum absolute atomic E-state index is 0.623. The van der Waals surface area contributed by atoms with E-state index in [0.29, 0.717) is 23.3 Å². The van der Waals surface area contributed by atoms with Gasteiger partial charge >= 0.3 is 0 Å². The zero-order valence-corrected chi connectivity index (χ0v) is 15.7. The molecule has 5 heteroatoms. The molecule has 1 fully saturated rings. The standard InChI is InChI=1S/C21H27N3O2/c1-4-22-21(24-17-10-11-19(25-2)20(13-17)26-3)23-14-16-12-18(16)15-8-6-5-7-9-15/h5-11,13,16,18H,4,12,14H2,1-3H3,(H2,22,23,24). The average Bonchev–Trinajstić information content (AvgIpc) is 3.46. The molecule has 1 aliphatic carbocycles. The van der Waals surface area contributed by atoms with E-state index < -0.39 is 0 Å². The van der Waals surface area contributed by atoms with E-state index in [1.165, 1.54) is 12.0 Å². The number of hydrogen-bond donors (Lipinski definition) is 2. The van der Waals surface area contributed by atoms with Crippen molar-refractivity contribution in [3.8, 4) is 11.5 Å². The minimum atomic E-state index is 0.623. The molecule has 138 valence electrons. The molecule has 0 spiro atoms. The molecule has 2 aromatic rings. The van der Waals surface area contributed by atoms with E-state index in [9.17, 15) is 0 Å². The Hall–Kier alpha value is -2.69. The highest BCUT2D eigenvalue weighted by atomic mass is 16.5. The molecule has 0 saturated heterocycles. The third-order valence-corrected chi connectivity index (χ3v) is 4.62. The van der Waals surface area contributed by atoms with Crippen LogP contribution in [0.5, 0.6) is 11.5 Å². The van der Waals surface area contributed by atoms with E-state index in [2.05, 4.69) is 47.9 Å². The molecule has 26 heavy (non-hydrogen) atoms. The summed E-state index contributed by atoms with van der Waals surface area (Å²) in [5, 5.41) is 6.65. The lowest BCUT2D eigenvalue weighted by Crippen LogP contribution is -2.31. The van der Waals surface area contributed by atoms with Crippen LogP contribution in [0.25, 0.3) is 0 Å². The molecule has 2 atom stereocenters. The molecule has 0 amide bonds. The topological polar surface area (TPSA) is 54.9 Å². The second-order valence-electron chi connectivity index (χ2n) is 6.43. The number of benzene rings is 2. The summed E-state index contributed by atoms with van der Waals surface area (Å²) in [6, 6.07) is 16.5. The molecule has 1 aliphatic rings. The van der Waals surface area contributed by atoms with E-state index in [4.69, 9.17) is 14.5 Å². The maximum absolute atomic E-state index is 5.36. The molecule has 0 aliphatic heterocycles. The van der Waals surface area contributed by atoms with Gasteiger partial charge in [-0.3, -0.25) is 4.99 Å². The Balaban J connectivity index is 1.63. The van der Waals surface area contributed by atoms with Gasteiger partial charge in [0.2, 0.25) is 0 Å². The lowest BCUT2D eigenvalue weighted by molar-refractivity contribution is 0.355. The van der Waals surface area contributed by atoms with E-state index in [1.807, 2.05) is 18.2 Å². The van der Waals surface area contributed by atoms with Crippen molar-refractivity contribution < 1.29 is 9.47 Å². The van der Waals surface area contributed by atoms with Crippen molar-refractivity contribution in [1.82, 2.24) is 5.32 Å². The van der Waals surface area contributed by atoms with Crippen LogP contribution in [0, 0.1) is 5.92 Å². The van der Waals surface area contributed by atoms with Gasteiger partial charge in [0.1, 0.15) is 0 Å². The predicted octanol–water partition coefficient (Wildman–Crippen LogP) is 3.88. The van der Waals surface area contributed by atoms with Gasteiger partial charge in [0.25, 0.3) is 0 Å². The minimum Gasteiger partial charge on any atom is -0.493 e. The Morgan fingerprint density at radius 3 is 2.54 bits per heavy atom. The summed E-state index contributed by atoms with van der Waals surface area (Å²) >= 11 is 0. The maximum atomic E-state index is 5.36. The van der Waals surface area contributed by atoms with Gasteiger partial charge in [0, 0.05) is 24.8 Å². The van der Waals surface area contributed by atoms with E-state index in [1.54, 1.807) is 14.2 Å². The van der Waals surface area contributed by atoms with Crippen LogP contribution in [0.4, 0.5) is 5.69 Å². The van der Waals surface area contributed by atoms with Gasteiger partial charge in [-0.25, -0.2) is 0 Å². The maximum Gasteiger partial charge on any atom is 0.195 e. The first-order chi connectivity index (χ1) is 12.7. The summed E-state index contributed by atoms with van der Waals surface area (Å²) in [5.41, 5.74) is 2.34. The van der Waals surface area contributed by atoms with E-state index >= 15 is 0 Å². The lowest BCUT2D eigenvalue weighted by Gasteiger charge is -2.13. The summed E-state index contributed by atoms with van der Waals surface area (Å²) in [6.45, 7) is 3.70. The lowest BCUT2D eigenvalue weighted by atomic mass is 10.1. The number of nitrogens with one attached hydrogen (secondary N) is 2.